The first kappa shape index (κ1) is 42.1. The van der Waals surface area contributed by atoms with Crippen LogP contribution in [-0.2, 0) is 38.1 Å². The summed E-state index contributed by atoms with van der Waals surface area (Å²) in [5.74, 6) is -12.2. The Kier molecular flexibility index (Phi) is 11.1. The molecule has 0 heterocycles. The van der Waals surface area contributed by atoms with Gasteiger partial charge in [0.2, 0.25) is 0 Å². The molecule has 2 saturated carbocycles. The second-order valence-electron chi connectivity index (χ2n) is 12.9. The maximum absolute atomic E-state index is 13.0. The van der Waals surface area contributed by atoms with E-state index in [0.29, 0.717) is 33.1 Å². The topological polar surface area (TPSA) is 146 Å². The molecule has 10 nitrogen and oxygen atoms in total. The predicted octanol–water partition coefficient (Wildman–Crippen LogP) is 4.87. The molecule has 2 aliphatic carbocycles. The van der Waals surface area contributed by atoms with Crippen LogP contribution in [0.2, 0.25) is 0 Å². The smallest absolute Gasteiger partial charge is 0.437 e. The van der Waals surface area contributed by atoms with E-state index in [1.54, 1.807) is 0 Å². The number of rotatable bonds is 10. The largest absolute Gasteiger partial charge is 0.457 e. The van der Waals surface area contributed by atoms with Gasteiger partial charge in [-0.2, -0.15) is 52.7 Å². The average molecular weight is 745 g/mol. The molecule has 2 rings (SSSR count). The van der Waals surface area contributed by atoms with Crippen LogP contribution in [0.1, 0.15) is 60.8 Å². The van der Waals surface area contributed by atoms with Crippen molar-refractivity contribution in [2.24, 2.45) is 23.7 Å². The summed E-state index contributed by atoms with van der Waals surface area (Å²) >= 11 is 0. The second kappa shape index (κ2) is 12.9. The first-order valence-corrected chi connectivity index (χ1v) is 14.2. The molecule has 0 spiro atoms. The Morgan fingerprint density at radius 2 is 0.796 bits per heavy atom. The molecule has 0 aromatic heterocycles. The average Bonchev–Trinajstić information content (AvgIpc) is 3.51. The monoisotopic (exact) mass is 744 g/mol. The van der Waals surface area contributed by atoms with Gasteiger partial charge in [0.15, 0.2) is 12.2 Å². The van der Waals surface area contributed by atoms with E-state index in [4.69, 9.17) is 9.47 Å². The van der Waals surface area contributed by atoms with Gasteiger partial charge in [-0.05, 0) is 72.6 Å². The minimum Gasteiger partial charge on any atom is -0.457 e. The third-order valence-electron chi connectivity index (χ3n) is 8.71. The van der Waals surface area contributed by atoms with Crippen LogP contribution in [0.4, 0.5) is 52.7 Å². The highest BCUT2D eigenvalue weighted by molar-refractivity contribution is 5.86. The van der Waals surface area contributed by atoms with Crippen LogP contribution in [-0.4, -0.2) is 93.4 Å². The van der Waals surface area contributed by atoms with Gasteiger partial charge in [-0.15, -0.1) is 0 Å². The first-order valence-electron chi connectivity index (χ1n) is 14.2. The lowest BCUT2D eigenvalue weighted by Crippen LogP contribution is -2.63. The van der Waals surface area contributed by atoms with Gasteiger partial charge >= 0.3 is 59.8 Å². The number of carbonyl (C=O) groups excluding carboxylic acids is 4. The summed E-state index contributed by atoms with van der Waals surface area (Å²) in [6.45, 7) is 6.17. The normalized spacial score (nSPS) is 23.8. The van der Waals surface area contributed by atoms with Crippen molar-refractivity contribution in [3.8, 4) is 0 Å². The van der Waals surface area contributed by atoms with E-state index in [0.717, 1.165) is 0 Å². The summed E-state index contributed by atoms with van der Waals surface area (Å²) < 4.78 is 175. The second-order valence-corrected chi connectivity index (χ2v) is 12.9. The van der Waals surface area contributed by atoms with Crippen molar-refractivity contribution in [2.75, 3.05) is 0 Å². The Hall–Kier alpha value is -3.04. The van der Waals surface area contributed by atoms with Crippen molar-refractivity contribution < 1.29 is 101 Å². The van der Waals surface area contributed by atoms with Crippen molar-refractivity contribution in [1.29, 1.82) is 0 Å². The lowest BCUT2D eigenvalue weighted by molar-refractivity contribution is -0.358. The highest BCUT2D eigenvalue weighted by Gasteiger charge is 2.78. The van der Waals surface area contributed by atoms with Gasteiger partial charge < -0.3 is 29.2 Å². The Morgan fingerprint density at radius 3 is 1.02 bits per heavy atom. The molecule has 284 valence electrons. The standard InChI is InChI=1S/C27H32F12O10/c1-10(46-18(42)22(44,24(28,29)30)25(31,32)33)16(40)48-20(3,4)14-12-7-8-13(9-12)15(14)21(5,6)49-17(41)11(2)47-19(43)23(45,26(34,35)36)27(37,38)39/h10-15,44-45H,7-9H2,1-6H3. The van der Waals surface area contributed by atoms with E-state index in [1.807, 2.05) is 0 Å². The van der Waals surface area contributed by atoms with E-state index >= 15 is 0 Å². The molecule has 2 aliphatic rings. The SMILES string of the molecule is CC(OC(=O)C(O)(C(F)(F)F)C(F)(F)F)C(=O)OC(C)(C)C1C2CCC(C2)C1C(C)(C)OC(=O)C(C)OC(=O)C(O)(C(F)(F)F)C(F)(F)F. The number of ether oxygens (including phenoxy) is 4. The highest BCUT2D eigenvalue weighted by atomic mass is 19.4. The molecule has 0 amide bonds. The fraction of sp³-hybridized carbons (Fsp3) is 0.852. The van der Waals surface area contributed by atoms with Gasteiger partial charge in [0.25, 0.3) is 0 Å². The molecule has 22 heteroatoms. The van der Waals surface area contributed by atoms with Gasteiger partial charge in [-0.25, -0.2) is 19.2 Å². The maximum atomic E-state index is 13.0. The number of alkyl halides is 12. The maximum Gasteiger partial charge on any atom is 0.437 e. The molecule has 6 unspecified atom stereocenters. The molecule has 2 fully saturated rings. The molecule has 49 heavy (non-hydrogen) atoms. The van der Waals surface area contributed by atoms with Crippen LogP contribution in [0.25, 0.3) is 0 Å². The summed E-state index contributed by atoms with van der Waals surface area (Å²) in [5, 5.41) is 18.4. The molecule has 6 atom stereocenters. The van der Waals surface area contributed by atoms with E-state index in [9.17, 15) is 82.1 Å². The zero-order valence-corrected chi connectivity index (χ0v) is 26.3. The molecule has 0 radical (unpaired) electrons. The summed E-state index contributed by atoms with van der Waals surface area (Å²) in [6.07, 6.45) is -29.9. The number of aliphatic hydroxyl groups is 2. The van der Waals surface area contributed by atoms with E-state index in [1.165, 1.54) is 27.7 Å². The van der Waals surface area contributed by atoms with Gasteiger partial charge in [0.1, 0.15) is 11.2 Å². The summed E-state index contributed by atoms with van der Waals surface area (Å²) in [6, 6.07) is 0. The molecular formula is C27H32F12O10. The third kappa shape index (κ3) is 7.68. The summed E-state index contributed by atoms with van der Waals surface area (Å²) in [4.78, 5) is 49.2. The molecule has 0 aliphatic heterocycles. The Labute approximate surface area is 269 Å². The first-order chi connectivity index (χ1) is 21.6. The number of hydrogen-bond donors (Lipinski definition) is 2. The van der Waals surface area contributed by atoms with Crippen LogP contribution < -0.4 is 0 Å². The number of hydrogen-bond acceptors (Lipinski definition) is 10. The Bertz CT molecular complexity index is 1160. The number of carbonyl (C=O) groups is 4. The van der Waals surface area contributed by atoms with Crippen molar-refractivity contribution in [2.45, 2.75) is 120 Å². The van der Waals surface area contributed by atoms with Crippen molar-refractivity contribution >= 4 is 23.9 Å². The lowest BCUT2D eigenvalue weighted by Gasteiger charge is -2.47. The summed E-state index contributed by atoms with van der Waals surface area (Å²) in [7, 11) is 0. The molecular weight excluding hydrogens is 712 g/mol. The summed E-state index contributed by atoms with van der Waals surface area (Å²) in [5.41, 5.74) is -15.4. The van der Waals surface area contributed by atoms with Crippen molar-refractivity contribution in [3.05, 3.63) is 0 Å². The lowest BCUT2D eigenvalue weighted by atomic mass is 9.65. The predicted molar refractivity (Wildman–Crippen MR) is 133 cm³/mol. The molecule has 0 aromatic carbocycles. The number of fused-ring (bicyclic) bond motifs is 2. The quantitative estimate of drug-likeness (QED) is 0.181. The van der Waals surface area contributed by atoms with Gasteiger partial charge in [-0.1, -0.05) is 0 Å². The third-order valence-corrected chi connectivity index (χ3v) is 8.71. The van der Waals surface area contributed by atoms with E-state index in [2.05, 4.69) is 9.47 Å². The van der Waals surface area contributed by atoms with Gasteiger partial charge in [-0.3, -0.25) is 0 Å². The van der Waals surface area contributed by atoms with Crippen molar-refractivity contribution in [3.63, 3.8) is 0 Å². The highest BCUT2D eigenvalue weighted by Crippen LogP contribution is 2.60. The van der Waals surface area contributed by atoms with E-state index < -0.39 is 95.0 Å². The van der Waals surface area contributed by atoms with Crippen molar-refractivity contribution in [1.82, 2.24) is 0 Å². The molecule has 2 bridgehead atoms. The fourth-order valence-corrected chi connectivity index (χ4v) is 6.48. The van der Waals surface area contributed by atoms with Gasteiger partial charge in [0, 0.05) is 11.8 Å². The van der Waals surface area contributed by atoms with Crippen LogP contribution in [0.15, 0.2) is 0 Å². The molecule has 0 saturated heterocycles. The van der Waals surface area contributed by atoms with E-state index in [-0.39, 0.29) is 11.8 Å². The Balaban J connectivity index is 2.26. The Morgan fingerprint density at radius 1 is 0.551 bits per heavy atom. The van der Waals surface area contributed by atoms with Crippen LogP contribution in [0.5, 0.6) is 0 Å². The minimum atomic E-state index is -6.60. The minimum absolute atomic E-state index is 0.335. The van der Waals surface area contributed by atoms with Gasteiger partial charge in [0.05, 0.1) is 0 Å². The molecule has 2 N–H and O–H groups in total. The van der Waals surface area contributed by atoms with Crippen LogP contribution in [0, 0.1) is 23.7 Å². The number of halogens is 12. The van der Waals surface area contributed by atoms with Crippen LogP contribution in [0.3, 0.4) is 0 Å². The molecule has 0 aromatic rings. The number of esters is 4. The zero-order chi connectivity index (χ0) is 38.7. The zero-order valence-electron chi connectivity index (χ0n) is 26.3. The van der Waals surface area contributed by atoms with Crippen LogP contribution >= 0.6 is 0 Å². The fourth-order valence-electron chi connectivity index (χ4n) is 6.48.